The first-order valence-corrected chi connectivity index (χ1v) is 16.5. The number of alkyl halides is 6. The summed E-state index contributed by atoms with van der Waals surface area (Å²) in [6.07, 6.45) is 2.02. The minimum atomic E-state index is -4.61. The Morgan fingerprint density at radius 2 is 1.20 bits per heavy atom. The summed E-state index contributed by atoms with van der Waals surface area (Å²) in [5, 5.41) is 0. The Labute approximate surface area is 284 Å². The van der Waals surface area contributed by atoms with Crippen LogP contribution in [0, 0.1) is 13.8 Å². The predicted molar refractivity (Wildman–Crippen MR) is 187 cm³/mol. The first-order chi connectivity index (χ1) is 22.8. The molecule has 0 amide bonds. The SMILES string of the molecule is Cc1cc2c(cc1C(C)(C)C=C(c1cccc(C(F)(F)F)c1)c1cccc(C(F)(F)F)c1)-c1cc(C(C)(C)C)c(C)c(C3C=CC=C3)c1C2. The van der Waals surface area contributed by atoms with Gasteiger partial charge in [-0.3, -0.25) is 0 Å². The lowest BCUT2D eigenvalue weighted by molar-refractivity contribution is -0.138. The molecule has 2 aliphatic rings. The van der Waals surface area contributed by atoms with E-state index in [0.717, 1.165) is 47.4 Å². The molecule has 6 rings (SSSR count). The predicted octanol–water partition coefficient (Wildman–Crippen LogP) is 12.8. The summed E-state index contributed by atoms with van der Waals surface area (Å²) < 4.78 is 83.0. The minimum absolute atomic E-state index is 0.0943. The molecule has 0 spiro atoms. The maximum atomic E-state index is 13.8. The molecule has 0 saturated carbocycles. The van der Waals surface area contributed by atoms with Gasteiger partial charge in [-0.05, 0) is 123 Å². The van der Waals surface area contributed by atoms with Crippen LogP contribution in [0.3, 0.4) is 0 Å². The molecule has 0 heterocycles. The van der Waals surface area contributed by atoms with Crippen LogP contribution in [0.4, 0.5) is 26.3 Å². The van der Waals surface area contributed by atoms with Crippen LogP contribution in [0.1, 0.15) is 102 Å². The second-order valence-electron chi connectivity index (χ2n) is 15.0. The fourth-order valence-electron chi connectivity index (χ4n) is 7.69. The smallest absolute Gasteiger partial charge is 0.166 e. The molecule has 0 unspecified atom stereocenters. The number of hydrogen-bond acceptors (Lipinski definition) is 0. The number of halogens is 6. The molecule has 2 aliphatic carbocycles. The van der Waals surface area contributed by atoms with Gasteiger partial charge in [0.2, 0.25) is 0 Å². The Hall–Kier alpha value is -4.32. The number of benzene rings is 4. The zero-order valence-corrected chi connectivity index (χ0v) is 28.8. The Kier molecular flexibility index (Phi) is 8.41. The topological polar surface area (TPSA) is 0 Å². The summed E-state index contributed by atoms with van der Waals surface area (Å²) in [7, 11) is 0. The van der Waals surface area contributed by atoms with Crippen LogP contribution in [-0.2, 0) is 29.6 Å². The quantitative estimate of drug-likeness (QED) is 0.163. The first-order valence-electron chi connectivity index (χ1n) is 16.5. The highest BCUT2D eigenvalue weighted by molar-refractivity contribution is 5.84. The van der Waals surface area contributed by atoms with E-state index < -0.39 is 28.9 Å². The summed E-state index contributed by atoms with van der Waals surface area (Å²) >= 11 is 0. The van der Waals surface area contributed by atoms with E-state index in [9.17, 15) is 26.3 Å². The van der Waals surface area contributed by atoms with Crippen molar-refractivity contribution in [2.45, 2.75) is 84.0 Å². The van der Waals surface area contributed by atoms with Crippen molar-refractivity contribution in [3.05, 3.63) is 158 Å². The number of aryl methyl sites for hydroxylation is 1. The first kappa shape index (κ1) is 34.5. The van der Waals surface area contributed by atoms with E-state index in [1.54, 1.807) is 0 Å². The summed E-state index contributed by atoms with van der Waals surface area (Å²) in [6, 6.07) is 16.3. The van der Waals surface area contributed by atoms with Gasteiger partial charge >= 0.3 is 12.4 Å². The number of allylic oxidation sites excluding steroid dienone is 5. The van der Waals surface area contributed by atoms with Crippen LogP contribution >= 0.6 is 0 Å². The summed E-state index contributed by atoms with van der Waals surface area (Å²) in [6.45, 7) is 14.8. The molecule has 0 aromatic heterocycles. The van der Waals surface area contributed by atoms with Gasteiger partial charge in [0.25, 0.3) is 0 Å². The van der Waals surface area contributed by atoms with E-state index in [4.69, 9.17) is 0 Å². The molecule has 49 heavy (non-hydrogen) atoms. The van der Waals surface area contributed by atoms with Gasteiger partial charge in [-0.1, -0.05) is 101 Å². The van der Waals surface area contributed by atoms with Crippen LogP contribution in [0.5, 0.6) is 0 Å². The van der Waals surface area contributed by atoms with Crippen LogP contribution in [0.15, 0.2) is 97.1 Å². The maximum Gasteiger partial charge on any atom is 0.416 e. The Morgan fingerprint density at radius 3 is 1.71 bits per heavy atom. The molecule has 4 aromatic rings. The van der Waals surface area contributed by atoms with Gasteiger partial charge in [0, 0.05) is 11.3 Å². The van der Waals surface area contributed by atoms with E-state index in [0.29, 0.717) is 5.57 Å². The van der Waals surface area contributed by atoms with Crippen molar-refractivity contribution >= 4 is 5.57 Å². The molecule has 0 N–H and O–H groups in total. The summed E-state index contributed by atoms with van der Waals surface area (Å²) in [5.41, 5.74) is 8.79. The zero-order chi connectivity index (χ0) is 35.7. The van der Waals surface area contributed by atoms with Gasteiger partial charge < -0.3 is 0 Å². The molecule has 0 saturated heterocycles. The van der Waals surface area contributed by atoms with Gasteiger partial charge in [-0.25, -0.2) is 0 Å². The van der Waals surface area contributed by atoms with E-state index >= 15 is 0 Å². The third-order valence-electron chi connectivity index (χ3n) is 9.95. The summed E-state index contributed by atoms with van der Waals surface area (Å²) in [4.78, 5) is 0. The van der Waals surface area contributed by atoms with Crippen molar-refractivity contribution in [2.24, 2.45) is 0 Å². The van der Waals surface area contributed by atoms with E-state index in [1.165, 1.54) is 57.6 Å². The molecule has 4 aromatic carbocycles. The molecule has 0 fully saturated rings. The third kappa shape index (κ3) is 6.54. The summed E-state index contributed by atoms with van der Waals surface area (Å²) in [5.74, 6) is 0.188. The van der Waals surface area contributed by atoms with Crippen LogP contribution < -0.4 is 0 Å². The Balaban J connectivity index is 1.55. The van der Waals surface area contributed by atoms with Crippen LogP contribution in [0.25, 0.3) is 16.7 Å². The monoisotopic (exact) mass is 670 g/mol. The lowest BCUT2D eigenvalue weighted by Gasteiger charge is -2.28. The maximum absolute atomic E-state index is 13.8. The number of fused-ring (bicyclic) bond motifs is 3. The lowest BCUT2D eigenvalue weighted by Crippen LogP contribution is -2.17. The van der Waals surface area contributed by atoms with Gasteiger partial charge in [0.15, 0.2) is 0 Å². The second kappa shape index (κ2) is 11.9. The van der Waals surface area contributed by atoms with Gasteiger partial charge in [0.05, 0.1) is 11.1 Å². The molecule has 0 radical (unpaired) electrons. The van der Waals surface area contributed by atoms with Crippen molar-refractivity contribution in [1.29, 1.82) is 0 Å². The van der Waals surface area contributed by atoms with Crippen molar-refractivity contribution in [1.82, 2.24) is 0 Å². The number of hydrogen-bond donors (Lipinski definition) is 0. The van der Waals surface area contributed by atoms with Gasteiger partial charge in [0.1, 0.15) is 0 Å². The average molecular weight is 671 g/mol. The third-order valence-corrected chi connectivity index (χ3v) is 9.95. The molecule has 0 atom stereocenters. The fourth-order valence-corrected chi connectivity index (χ4v) is 7.69. The minimum Gasteiger partial charge on any atom is -0.166 e. The van der Waals surface area contributed by atoms with Crippen LogP contribution in [0.2, 0.25) is 0 Å². The highest BCUT2D eigenvalue weighted by Crippen LogP contribution is 2.48. The molecular weight excluding hydrogens is 630 g/mol. The second-order valence-corrected chi connectivity index (χ2v) is 15.0. The fraction of sp³-hybridized carbons (Fsp3) is 0.302. The molecule has 254 valence electrons. The van der Waals surface area contributed by atoms with E-state index in [1.807, 2.05) is 26.8 Å². The molecule has 0 bridgehead atoms. The normalized spacial score (nSPS) is 14.7. The van der Waals surface area contributed by atoms with E-state index in [-0.39, 0.29) is 22.5 Å². The largest absolute Gasteiger partial charge is 0.416 e. The highest BCUT2D eigenvalue weighted by Gasteiger charge is 2.35. The highest BCUT2D eigenvalue weighted by atomic mass is 19.4. The average Bonchev–Trinajstić information content (AvgIpc) is 3.66. The number of rotatable bonds is 5. The van der Waals surface area contributed by atoms with Crippen molar-refractivity contribution < 1.29 is 26.3 Å². The molecule has 0 aliphatic heterocycles. The Morgan fingerprint density at radius 1 is 0.673 bits per heavy atom. The lowest BCUT2D eigenvalue weighted by atomic mass is 9.76. The van der Waals surface area contributed by atoms with Crippen molar-refractivity contribution in [3.63, 3.8) is 0 Å². The standard InChI is InChI=1S/C43H40F6/c1-25-18-30-21-35-34(23-38(40(3,4)5)26(2)39(35)27-12-8-9-13-27)33(30)22-37(25)41(6,7)24-36(28-14-10-16-31(19-28)42(44,45)46)29-15-11-17-32(20-29)43(47,48)49/h8-20,22-24,27H,21H2,1-7H3. The van der Waals surface area contributed by atoms with Gasteiger partial charge in [-0.15, -0.1) is 0 Å². The Bertz CT molecular complexity index is 1970. The van der Waals surface area contributed by atoms with Crippen LogP contribution in [-0.4, -0.2) is 0 Å². The van der Waals surface area contributed by atoms with Gasteiger partial charge in [-0.2, -0.15) is 26.3 Å². The zero-order valence-electron chi connectivity index (χ0n) is 28.8. The molecule has 0 nitrogen and oxygen atoms in total. The molecule has 6 heteroatoms. The molecular formula is C43H40F6. The van der Waals surface area contributed by atoms with Crippen molar-refractivity contribution in [3.8, 4) is 11.1 Å². The van der Waals surface area contributed by atoms with E-state index in [2.05, 4.69) is 70.2 Å². The van der Waals surface area contributed by atoms with Crippen molar-refractivity contribution in [2.75, 3.05) is 0 Å².